The highest BCUT2D eigenvalue weighted by molar-refractivity contribution is 7.99. The SMILES string of the molecule is CSCC[C@@H](NC(=O)CCSc1ccc(C)cc1)c1nc2ccccc2[nH]1. The van der Waals surface area contributed by atoms with E-state index in [0.717, 1.165) is 34.8 Å². The molecule has 0 unspecified atom stereocenters. The summed E-state index contributed by atoms with van der Waals surface area (Å²) < 4.78 is 0. The summed E-state index contributed by atoms with van der Waals surface area (Å²) in [6.45, 7) is 2.08. The predicted molar refractivity (Wildman–Crippen MR) is 116 cm³/mol. The first-order valence-electron chi connectivity index (χ1n) is 9.08. The Hall–Kier alpha value is -1.92. The van der Waals surface area contributed by atoms with Gasteiger partial charge in [0.25, 0.3) is 0 Å². The van der Waals surface area contributed by atoms with Gasteiger partial charge in [-0.1, -0.05) is 29.8 Å². The number of nitrogens with zero attached hydrogens (tertiary/aromatic N) is 1. The topological polar surface area (TPSA) is 57.8 Å². The summed E-state index contributed by atoms with van der Waals surface area (Å²) in [6.07, 6.45) is 3.43. The number of amides is 1. The summed E-state index contributed by atoms with van der Waals surface area (Å²) >= 11 is 3.49. The molecule has 0 aliphatic heterocycles. The molecule has 0 saturated heterocycles. The zero-order valence-corrected chi connectivity index (χ0v) is 17.3. The molecule has 2 aromatic carbocycles. The van der Waals surface area contributed by atoms with Crippen molar-refractivity contribution in [2.45, 2.75) is 30.7 Å². The van der Waals surface area contributed by atoms with Crippen molar-refractivity contribution in [3.05, 3.63) is 59.9 Å². The van der Waals surface area contributed by atoms with Crippen molar-refractivity contribution in [3.63, 3.8) is 0 Å². The second-order valence-corrected chi connectivity index (χ2v) is 8.61. The fourth-order valence-electron chi connectivity index (χ4n) is 2.81. The second kappa shape index (κ2) is 9.85. The largest absolute Gasteiger partial charge is 0.346 e. The number of imidazole rings is 1. The molecule has 0 fully saturated rings. The van der Waals surface area contributed by atoms with E-state index in [1.54, 1.807) is 23.5 Å². The molecule has 0 bridgehead atoms. The summed E-state index contributed by atoms with van der Waals surface area (Å²) in [7, 11) is 0. The van der Waals surface area contributed by atoms with Gasteiger partial charge in [0.15, 0.2) is 0 Å². The van der Waals surface area contributed by atoms with Crippen molar-refractivity contribution in [1.29, 1.82) is 0 Å². The molecule has 1 heterocycles. The van der Waals surface area contributed by atoms with E-state index in [4.69, 9.17) is 0 Å². The normalized spacial score (nSPS) is 12.2. The van der Waals surface area contributed by atoms with Crippen LogP contribution >= 0.6 is 23.5 Å². The number of hydrogen-bond acceptors (Lipinski definition) is 4. The first-order chi connectivity index (χ1) is 13.2. The first-order valence-corrected chi connectivity index (χ1v) is 11.5. The molecule has 0 aliphatic rings. The number of hydrogen-bond donors (Lipinski definition) is 2. The zero-order chi connectivity index (χ0) is 19.1. The van der Waals surface area contributed by atoms with E-state index < -0.39 is 0 Å². The van der Waals surface area contributed by atoms with E-state index in [0.29, 0.717) is 6.42 Å². The lowest BCUT2D eigenvalue weighted by Gasteiger charge is -2.16. The van der Waals surface area contributed by atoms with Crippen molar-refractivity contribution in [2.75, 3.05) is 17.8 Å². The van der Waals surface area contributed by atoms with Gasteiger partial charge in [-0.15, -0.1) is 11.8 Å². The highest BCUT2D eigenvalue weighted by atomic mass is 32.2. The van der Waals surface area contributed by atoms with Gasteiger partial charge in [0.1, 0.15) is 5.82 Å². The summed E-state index contributed by atoms with van der Waals surface area (Å²) in [6, 6.07) is 16.3. The summed E-state index contributed by atoms with van der Waals surface area (Å²) in [5, 5.41) is 3.17. The molecule has 0 saturated carbocycles. The smallest absolute Gasteiger partial charge is 0.221 e. The second-order valence-electron chi connectivity index (χ2n) is 6.45. The van der Waals surface area contributed by atoms with Crippen molar-refractivity contribution in [1.82, 2.24) is 15.3 Å². The summed E-state index contributed by atoms with van der Waals surface area (Å²) in [5.41, 5.74) is 3.19. The van der Waals surface area contributed by atoms with E-state index >= 15 is 0 Å². The van der Waals surface area contributed by atoms with Crippen LogP contribution in [0.15, 0.2) is 53.4 Å². The predicted octanol–water partition coefficient (Wildman–Crippen LogP) is 4.96. The lowest BCUT2D eigenvalue weighted by Crippen LogP contribution is -2.30. The maximum atomic E-state index is 12.5. The van der Waals surface area contributed by atoms with Crippen LogP contribution in [0.4, 0.5) is 0 Å². The third-order valence-corrected chi connectivity index (χ3v) is 5.96. The molecule has 142 valence electrons. The van der Waals surface area contributed by atoms with E-state index in [9.17, 15) is 4.79 Å². The third-order valence-electron chi connectivity index (χ3n) is 4.30. The van der Waals surface area contributed by atoms with E-state index in [1.807, 2.05) is 24.3 Å². The number of carbonyl (C=O) groups is 1. The van der Waals surface area contributed by atoms with Gasteiger partial charge in [-0.05, 0) is 49.6 Å². The molecule has 1 aromatic heterocycles. The molecular weight excluding hydrogens is 374 g/mol. The van der Waals surface area contributed by atoms with Crippen molar-refractivity contribution in [3.8, 4) is 0 Å². The molecule has 3 rings (SSSR count). The van der Waals surface area contributed by atoms with Crippen LogP contribution in [0.1, 0.15) is 30.3 Å². The highest BCUT2D eigenvalue weighted by Gasteiger charge is 2.18. The molecule has 0 aliphatic carbocycles. The number of aromatic amines is 1. The van der Waals surface area contributed by atoms with Crippen LogP contribution in [0.5, 0.6) is 0 Å². The van der Waals surface area contributed by atoms with Gasteiger partial charge in [0.05, 0.1) is 17.1 Å². The highest BCUT2D eigenvalue weighted by Crippen LogP contribution is 2.22. The Balaban J connectivity index is 1.58. The Bertz CT molecular complexity index is 844. The van der Waals surface area contributed by atoms with Gasteiger partial charge in [0.2, 0.25) is 5.91 Å². The van der Waals surface area contributed by atoms with Gasteiger partial charge in [-0.25, -0.2) is 4.98 Å². The fraction of sp³-hybridized carbons (Fsp3) is 0.333. The maximum Gasteiger partial charge on any atom is 0.221 e. The van der Waals surface area contributed by atoms with E-state index in [2.05, 4.69) is 52.7 Å². The van der Waals surface area contributed by atoms with Crippen LogP contribution in [-0.4, -0.2) is 33.6 Å². The summed E-state index contributed by atoms with van der Waals surface area (Å²) in [5.74, 6) is 2.65. The Morgan fingerprint density at radius 2 is 1.93 bits per heavy atom. The maximum absolute atomic E-state index is 12.5. The van der Waals surface area contributed by atoms with Crippen LogP contribution in [0.3, 0.4) is 0 Å². The average molecular weight is 400 g/mol. The van der Waals surface area contributed by atoms with Crippen LogP contribution < -0.4 is 5.32 Å². The molecule has 4 nitrogen and oxygen atoms in total. The molecule has 27 heavy (non-hydrogen) atoms. The number of carbonyl (C=O) groups excluding carboxylic acids is 1. The number of H-pyrrole nitrogens is 1. The quantitative estimate of drug-likeness (QED) is 0.499. The number of fused-ring (bicyclic) bond motifs is 1. The number of rotatable bonds is 9. The number of aryl methyl sites for hydroxylation is 1. The Labute approximate surface area is 168 Å². The number of nitrogens with one attached hydrogen (secondary N) is 2. The van der Waals surface area contributed by atoms with Crippen LogP contribution in [-0.2, 0) is 4.79 Å². The zero-order valence-electron chi connectivity index (χ0n) is 15.7. The Kier molecular flexibility index (Phi) is 7.24. The van der Waals surface area contributed by atoms with Crippen molar-refractivity contribution in [2.24, 2.45) is 0 Å². The Morgan fingerprint density at radius 3 is 2.67 bits per heavy atom. The molecule has 0 spiro atoms. The van der Waals surface area contributed by atoms with Crippen LogP contribution in [0, 0.1) is 6.92 Å². The molecule has 0 radical (unpaired) electrons. The van der Waals surface area contributed by atoms with E-state index in [-0.39, 0.29) is 11.9 Å². The Morgan fingerprint density at radius 1 is 1.15 bits per heavy atom. The molecule has 3 aromatic rings. The molecular formula is C21H25N3OS2. The number of benzene rings is 2. The number of para-hydroxylation sites is 2. The summed E-state index contributed by atoms with van der Waals surface area (Å²) in [4.78, 5) is 21.7. The van der Waals surface area contributed by atoms with Gasteiger partial charge in [-0.3, -0.25) is 4.79 Å². The van der Waals surface area contributed by atoms with Crippen LogP contribution in [0.2, 0.25) is 0 Å². The molecule has 1 amide bonds. The lowest BCUT2D eigenvalue weighted by molar-refractivity contribution is -0.121. The van der Waals surface area contributed by atoms with Gasteiger partial charge in [0, 0.05) is 17.1 Å². The minimum Gasteiger partial charge on any atom is -0.346 e. The van der Waals surface area contributed by atoms with E-state index in [1.165, 1.54) is 10.5 Å². The molecule has 1 atom stereocenters. The monoisotopic (exact) mass is 399 g/mol. The number of aromatic nitrogens is 2. The fourth-order valence-corrected chi connectivity index (χ4v) is 4.14. The standard InChI is InChI=1S/C21H25N3OS2/c1-15-7-9-16(10-8-15)27-14-12-20(25)22-19(11-13-26-2)21-23-17-5-3-4-6-18(17)24-21/h3-10,19H,11-14H2,1-2H3,(H,22,25)(H,23,24)/t19-/m1/s1. The van der Waals surface area contributed by atoms with Crippen molar-refractivity contribution < 1.29 is 4.79 Å². The van der Waals surface area contributed by atoms with Gasteiger partial charge >= 0.3 is 0 Å². The number of thioether (sulfide) groups is 2. The van der Waals surface area contributed by atoms with Gasteiger partial charge in [-0.2, -0.15) is 11.8 Å². The van der Waals surface area contributed by atoms with Crippen molar-refractivity contribution >= 4 is 40.5 Å². The molecule has 2 N–H and O–H groups in total. The lowest BCUT2D eigenvalue weighted by atomic mass is 10.2. The van der Waals surface area contributed by atoms with Gasteiger partial charge < -0.3 is 10.3 Å². The minimum absolute atomic E-state index is 0.0705. The third kappa shape index (κ3) is 5.78. The average Bonchev–Trinajstić information content (AvgIpc) is 3.11. The minimum atomic E-state index is -0.0817. The first kappa shape index (κ1) is 19.8. The molecule has 6 heteroatoms. The van der Waals surface area contributed by atoms with Crippen LogP contribution in [0.25, 0.3) is 11.0 Å².